The third-order valence-electron chi connectivity index (χ3n) is 3.55. The normalized spacial score (nSPS) is 15.8. The van der Waals surface area contributed by atoms with Crippen molar-refractivity contribution in [3.63, 3.8) is 0 Å². The second-order valence-corrected chi connectivity index (χ2v) is 4.94. The molecule has 0 saturated heterocycles. The maximum Gasteiger partial charge on any atom is 0.417 e. The van der Waals surface area contributed by atoms with Gasteiger partial charge in [0.25, 0.3) is 0 Å². The average Bonchev–Trinajstić information content (AvgIpc) is 2.31. The highest BCUT2D eigenvalue weighted by atomic mass is 19.4. The first-order valence-corrected chi connectivity index (χ1v) is 6.45. The van der Waals surface area contributed by atoms with Gasteiger partial charge >= 0.3 is 12.1 Å². The molecule has 1 aliphatic rings. The first-order valence-electron chi connectivity index (χ1n) is 6.45. The minimum absolute atomic E-state index is 0.0571. The highest BCUT2D eigenvalue weighted by molar-refractivity contribution is 5.89. The van der Waals surface area contributed by atoms with Crippen LogP contribution < -0.4 is 4.74 Å². The number of carboxylic acid groups (broad SMARTS) is 1. The number of carboxylic acids is 1. The Morgan fingerprint density at radius 3 is 2.55 bits per heavy atom. The highest BCUT2D eigenvalue weighted by Gasteiger charge is 2.35. The van der Waals surface area contributed by atoms with Crippen LogP contribution in [0.4, 0.5) is 13.2 Å². The molecule has 1 aliphatic carbocycles. The molecular weight excluding hydrogens is 273 g/mol. The average molecular weight is 288 g/mol. The summed E-state index contributed by atoms with van der Waals surface area (Å²) in [5.41, 5.74) is -1.94. The van der Waals surface area contributed by atoms with Crippen LogP contribution in [0, 0.1) is 5.92 Å². The van der Waals surface area contributed by atoms with E-state index in [1.54, 1.807) is 0 Å². The number of aromatic carboxylic acids is 1. The Hall–Kier alpha value is -1.72. The fourth-order valence-corrected chi connectivity index (χ4v) is 2.16. The molecule has 0 aromatic heterocycles. The second kappa shape index (κ2) is 5.73. The van der Waals surface area contributed by atoms with Crippen LogP contribution in [0.3, 0.4) is 0 Å². The third-order valence-corrected chi connectivity index (χ3v) is 3.55. The highest BCUT2D eigenvalue weighted by Crippen LogP contribution is 2.35. The van der Waals surface area contributed by atoms with Crippen LogP contribution in [0.1, 0.15) is 41.6 Å². The summed E-state index contributed by atoms with van der Waals surface area (Å²) in [6, 6.07) is 2.95. The van der Waals surface area contributed by atoms with Gasteiger partial charge in [-0.05, 0) is 30.5 Å². The van der Waals surface area contributed by atoms with Crippen molar-refractivity contribution in [2.24, 2.45) is 5.92 Å². The SMILES string of the molecule is O=C(O)c1ccc(OCCC2CCC2)cc1C(F)(F)F. The third kappa shape index (κ3) is 3.43. The first kappa shape index (κ1) is 14.7. The Balaban J connectivity index is 2.08. The van der Waals surface area contributed by atoms with Crippen molar-refractivity contribution in [2.45, 2.75) is 31.9 Å². The molecule has 2 rings (SSSR count). The zero-order chi connectivity index (χ0) is 14.8. The summed E-state index contributed by atoms with van der Waals surface area (Å²) >= 11 is 0. The molecule has 1 saturated carbocycles. The van der Waals surface area contributed by atoms with Crippen molar-refractivity contribution < 1.29 is 27.8 Å². The van der Waals surface area contributed by atoms with Gasteiger partial charge in [0, 0.05) is 0 Å². The number of carbonyl (C=O) groups is 1. The van der Waals surface area contributed by atoms with Crippen molar-refractivity contribution in [2.75, 3.05) is 6.61 Å². The lowest BCUT2D eigenvalue weighted by Gasteiger charge is -2.25. The predicted octanol–water partition coefficient (Wildman–Crippen LogP) is 3.97. The molecule has 3 nitrogen and oxygen atoms in total. The molecular formula is C14H15F3O3. The molecule has 0 spiro atoms. The molecule has 0 unspecified atom stereocenters. The van der Waals surface area contributed by atoms with E-state index in [9.17, 15) is 18.0 Å². The van der Waals surface area contributed by atoms with Crippen LogP contribution in [-0.4, -0.2) is 17.7 Å². The molecule has 1 N–H and O–H groups in total. The molecule has 6 heteroatoms. The predicted molar refractivity (Wildman–Crippen MR) is 65.9 cm³/mol. The van der Waals surface area contributed by atoms with E-state index in [1.807, 2.05) is 0 Å². The second-order valence-electron chi connectivity index (χ2n) is 4.94. The lowest BCUT2D eigenvalue weighted by molar-refractivity contribution is -0.138. The van der Waals surface area contributed by atoms with Gasteiger partial charge in [-0.25, -0.2) is 4.79 Å². The maximum atomic E-state index is 12.8. The summed E-state index contributed by atoms with van der Waals surface area (Å²) in [4.78, 5) is 10.8. The number of rotatable bonds is 5. The van der Waals surface area contributed by atoms with Gasteiger partial charge in [-0.15, -0.1) is 0 Å². The fourth-order valence-electron chi connectivity index (χ4n) is 2.16. The summed E-state index contributed by atoms with van der Waals surface area (Å²) in [6.45, 7) is 0.356. The monoisotopic (exact) mass is 288 g/mol. The van der Waals surface area contributed by atoms with Gasteiger partial charge < -0.3 is 9.84 Å². The van der Waals surface area contributed by atoms with E-state index in [4.69, 9.17) is 9.84 Å². The molecule has 0 atom stereocenters. The standard InChI is InChI=1S/C14H15F3O3/c15-14(16,17)12-8-10(4-5-11(12)13(18)19)20-7-6-9-2-1-3-9/h4-5,8-9H,1-3,6-7H2,(H,18,19). The molecule has 0 radical (unpaired) electrons. The van der Waals surface area contributed by atoms with Crippen LogP contribution in [0.25, 0.3) is 0 Å². The van der Waals surface area contributed by atoms with Crippen molar-refractivity contribution in [1.82, 2.24) is 0 Å². The molecule has 0 aliphatic heterocycles. The van der Waals surface area contributed by atoms with Crippen molar-refractivity contribution in [1.29, 1.82) is 0 Å². The Morgan fingerprint density at radius 1 is 1.35 bits per heavy atom. The minimum atomic E-state index is -4.71. The molecule has 0 bridgehead atoms. The summed E-state index contributed by atoms with van der Waals surface area (Å²) in [7, 11) is 0. The Morgan fingerprint density at radius 2 is 2.05 bits per heavy atom. The van der Waals surface area contributed by atoms with Crippen LogP contribution in [0.2, 0.25) is 0 Å². The van der Waals surface area contributed by atoms with Gasteiger partial charge in [-0.1, -0.05) is 19.3 Å². The quantitative estimate of drug-likeness (QED) is 0.891. The zero-order valence-corrected chi connectivity index (χ0v) is 10.7. The van der Waals surface area contributed by atoms with E-state index in [-0.39, 0.29) is 5.75 Å². The number of alkyl halides is 3. The first-order chi connectivity index (χ1) is 9.38. The van der Waals surface area contributed by atoms with E-state index in [2.05, 4.69) is 0 Å². The summed E-state index contributed by atoms with van der Waals surface area (Å²) in [5, 5.41) is 8.77. The number of benzene rings is 1. The molecule has 110 valence electrons. The van der Waals surface area contributed by atoms with E-state index < -0.39 is 23.3 Å². The number of halogens is 3. The summed E-state index contributed by atoms with van der Waals surface area (Å²) in [6.07, 6.45) is -0.385. The molecule has 1 aromatic carbocycles. The van der Waals surface area contributed by atoms with Crippen molar-refractivity contribution in [3.8, 4) is 5.75 Å². The van der Waals surface area contributed by atoms with Crippen LogP contribution in [0.5, 0.6) is 5.75 Å². The molecule has 0 amide bonds. The lowest BCUT2D eigenvalue weighted by Crippen LogP contribution is -2.15. The summed E-state index contributed by atoms with van der Waals surface area (Å²) in [5.74, 6) is -0.935. The lowest BCUT2D eigenvalue weighted by atomic mass is 9.83. The summed E-state index contributed by atoms with van der Waals surface area (Å²) < 4.78 is 43.6. The van der Waals surface area contributed by atoms with E-state index in [0.29, 0.717) is 12.5 Å². The number of hydrogen-bond acceptors (Lipinski definition) is 2. The Kier molecular flexibility index (Phi) is 4.20. The van der Waals surface area contributed by atoms with Crippen LogP contribution >= 0.6 is 0 Å². The largest absolute Gasteiger partial charge is 0.494 e. The molecule has 1 aromatic rings. The van der Waals surface area contributed by atoms with Crippen molar-refractivity contribution >= 4 is 5.97 Å². The molecule has 20 heavy (non-hydrogen) atoms. The van der Waals surface area contributed by atoms with Gasteiger partial charge in [-0.3, -0.25) is 0 Å². The van der Waals surface area contributed by atoms with Gasteiger partial charge in [0.15, 0.2) is 0 Å². The maximum absolute atomic E-state index is 12.8. The van der Waals surface area contributed by atoms with Gasteiger partial charge in [0.2, 0.25) is 0 Å². The smallest absolute Gasteiger partial charge is 0.417 e. The van der Waals surface area contributed by atoms with E-state index in [0.717, 1.165) is 31.4 Å². The van der Waals surface area contributed by atoms with Gasteiger partial charge in [0.05, 0.1) is 17.7 Å². The fraction of sp³-hybridized carbons (Fsp3) is 0.500. The van der Waals surface area contributed by atoms with E-state index in [1.165, 1.54) is 12.5 Å². The minimum Gasteiger partial charge on any atom is -0.494 e. The van der Waals surface area contributed by atoms with Gasteiger partial charge in [0.1, 0.15) is 5.75 Å². The Labute approximate surface area is 114 Å². The zero-order valence-electron chi connectivity index (χ0n) is 10.7. The van der Waals surface area contributed by atoms with Crippen molar-refractivity contribution in [3.05, 3.63) is 29.3 Å². The Bertz CT molecular complexity index is 493. The number of ether oxygens (including phenoxy) is 1. The molecule has 0 heterocycles. The van der Waals surface area contributed by atoms with E-state index >= 15 is 0 Å². The number of hydrogen-bond donors (Lipinski definition) is 1. The topological polar surface area (TPSA) is 46.5 Å². The molecule has 1 fully saturated rings. The van der Waals surface area contributed by atoms with Crippen LogP contribution in [-0.2, 0) is 6.18 Å². The van der Waals surface area contributed by atoms with Gasteiger partial charge in [-0.2, -0.15) is 13.2 Å². The van der Waals surface area contributed by atoms with Crippen LogP contribution in [0.15, 0.2) is 18.2 Å².